The third kappa shape index (κ3) is 2.74. The molecule has 0 spiro atoms. The Balaban J connectivity index is 1.76. The molecule has 3 rings (SSSR count). The molecule has 3 nitrogen and oxygen atoms in total. The van der Waals surface area contributed by atoms with Gasteiger partial charge in [0.15, 0.2) is 0 Å². The van der Waals surface area contributed by atoms with Gasteiger partial charge in [-0.2, -0.15) is 0 Å². The molecule has 18 heavy (non-hydrogen) atoms. The van der Waals surface area contributed by atoms with Crippen molar-refractivity contribution in [1.29, 1.82) is 0 Å². The summed E-state index contributed by atoms with van der Waals surface area (Å²) in [5.74, 6) is 0.914. The normalized spacial score (nSPS) is 14.7. The Labute approximate surface area is 107 Å². The maximum atomic E-state index is 4.09. The molecule has 1 aliphatic rings. The molecule has 0 amide bonds. The average Bonchev–Trinajstić information content (AvgIpc) is 3.25. The molecule has 1 aliphatic carbocycles. The molecule has 1 heterocycles. The van der Waals surface area contributed by atoms with Crippen LogP contribution in [0.2, 0.25) is 0 Å². The van der Waals surface area contributed by atoms with Gasteiger partial charge in [-0.05, 0) is 36.4 Å². The predicted octanol–water partition coefficient (Wildman–Crippen LogP) is 2.64. The van der Waals surface area contributed by atoms with Crippen molar-refractivity contribution in [3.05, 3.63) is 48.5 Å². The van der Waals surface area contributed by atoms with Gasteiger partial charge in [-0.15, -0.1) is 0 Å². The maximum absolute atomic E-state index is 4.09. The van der Waals surface area contributed by atoms with E-state index in [1.165, 1.54) is 24.0 Å². The second-order valence-corrected chi connectivity index (χ2v) is 4.86. The molecule has 1 aromatic heterocycles. The molecule has 1 N–H and O–H groups in total. The van der Waals surface area contributed by atoms with Gasteiger partial charge in [0.1, 0.15) is 6.33 Å². The molecule has 0 aliphatic heterocycles. The summed E-state index contributed by atoms with van der Waals surface area (Å²) in [6, 6.07) is 8.45. The zero-order valence-electron chi connectivity index (χ0n) is 10.3. The first-order chi connectivity index (χ1) is 8.93. The fourth-order valence-electron chi connectivity index (χ4n) is 2.13. The molecule has 0 saturated heterocycles. The lowest BCUT2D eigenvalue weighted by Crippen LogP contribution is -2.16. The summed E-state index contributed by atoms with van der Waals surface area (Å²) in [7, 11) is 0. The van der Waals surface area contributed by atoms with E-state index >= 15 is 0 Å². The Hall–Kier alpha value is -1.74. The Bertz CT molecular complexity index is 506. The van der Waals surface area contributed by atoms with Gasteiger partial charge in [0.05, 0.1) is 0 Å². The van der Waals surface area contributed by atoms with Crippen molar-refractivity contribution in [2.75, 3.05) is 6.54 Å². The van der Waals surface area contributed by atoms with E-state index in [0.717, 1.165) is 24.6 Å². The zero-order valence-corrected chi connectivity index (χ0v) is 10.3. The van der Waals surface area contributed by atoms with Crippen LogP contribution in [-0.2, 0) is 6.54 Å². The average molecular weight is 239 g/mol. The van der Waals surface area contributed by atoms with Crippen LogP contribution in [0.3, 0.4) is 0 Å². The summed E-state index contributed by atoms with van der Waals surface area (Å²) in [5, 5.41) is 3.53. The van der Waals surface area contributed by atoms with Crippen molar-refractivity contribution < 1.29 is 0 Å². The fraction of sp³-hybridized carbons (Fsp3) is 0.333. The Morgan fingerprint density at radius 3 is 2.67 bits per heavy atom. The van der Waals surface area contributed by atoms with Crippen LogP contribution in [-0.4, -0.2) is 16.5 Å². The molecule has 0 atom stereocenters. The number of nitrogens with one attached hydrogen (secondary N) is 1. The molecular formula is C15H17N3. The van der Waals surface area contributed by atoms with Gasteiger partial charge >= 0.3 is 0 Å². The molecule has 0 unspecified atom stereocenters. The molecule has 92 valence electrons. The molecule has 1 aromatic carbocycles. The minimum absolute atomic E-state index is 0.914. The van der Waals surface area contributed by atoms with E-state index in [0.29, 0.717) is 0 Å². The fourth-order valence-corrected chi connectivity index (χ4v) is 2.13. The molecular weight excluding hydrogens is 222 g/mol. The summed E-state index contributed by atoms with van der Waals surface area (Å²) in [5.41, 5.74) is 3.62. The summed E-state index contributed by atoms with van der Waals surface area (Å²) in [4.78, 5) is 8.18. The number of hydrogen-bond acceptors (Lipinski definition) is 3. The van der Waals surface area contributed by atoms with Crippen LogP contribution in [0.4, 0.5) is 0 Å². The highest BCUT2D eigenvalue weighted by molar-refractivity contribution is 5.65. The van der Waals surface area contributed by atoms with Crippen molar-refractivity contribution in [2.45, 2.75) is 19.4 Å². The van der Waals surface area contributed by atoms with E-state index < -0.39 is 0 Å². The van der Waals surface area contributed by atoms with Crippen molar-refractivity contribution in [3.63, 3.8) is 0 Å². The molecule has 0 radical (unpaired) electrons. The van der Waals surface area contributed by atoms with Gasteiger partial charge in [-0.3, -0.25) is 0 Å². The molecule has 1 saturated carbocycles. The summed E-state index contributed by atoms with van der Waals surface area (Å²) in [6.07, 6.45) is 8.08. The van der Waals surface area contributed by atoms with Crippen LogP contribution in [0.25, 0.3) is 11.1 Å². The van der Waals surface area contributed by atoms with E-state index in [4.69, 9.17) is 0 Å². The molecule has 1 fully saturated rings. The highest BCUT2D eigenvalue weighted by atomic mass is 14.9. The highest BCUT2D eigenvalue weighted by Gasteiger charge is 2.20. The lowest BCUT2D eigenvalue weighted by molar-refractivity contribution is 0.639. The van der Waals surface area contributed by atoms with E-state index in [1.807, 2.05) is 12.4 Å². The van der Waals surface area contributed by atoms with Gasteiger partial charge in [0, 0.05) is 24.5 Å². The number of rotatable bonds is 5. The van der Waals surface area contributed by atoms with E-state index in [-0.39, 0.29) is 0 Å². The number of benzene rings is 1. The predicted molar refractivity (Wildman–Crippen MR) is 71.9 cm³/mol. The first-order valence-electron chi connectivity index (χ1n) is 6.47. The zero-order chi connectivity index (χ0) is 12.2. The van der Waals surface area contributed by atoms with E-state index in [2.05, 4.69) is 39.6 Å². The van der Waals surface area contributed by atoms with Crippen molar-refractivity contribution in [3.8, 4) is 11.1 Å². The molecule has 2 aromatic rings. The molecule has 0 bridgehead atoms. The summed E-state index contributed by atoms with van der Waals surface area (Å²) >= 11 is 0. The molecule has 3 heteroatoms. The summed E-state index contributed by atoms with van der Waals surface area (Å²) in [6.45, 7) is 2.06. The van der Waals surface area contributed by atoms with Crippen LogP contribution >= 0.6 is 0 Å². The lowest BCUT2D eigenvalue weighted by atomic mass is 10.0. The third-order valence-electron chi connectivity index (χ3n) is 3.33. The van der Waals surface area contributed by atoms with Gasteiger partial charge < -0.3 is 5.32 Å². The van der Waals surface area contributed by atoms with Crippen LogP contribution in [0.5, 0.6) is 0 Å². The van der Waals surface area contributed by atoms with Gasteiger partial charge in [0.2, 0.25) is 0 Å². The van der Waals surface area contributed by atoms with Crippen LogP contribution in [0.15, 0.2) is 43.0 Å². The largest absolute Gasteiger partial charge is 0.312 e. The lowest BCUT2D eigenvalue weighted by Gasteiger charge is -2.10. The minimum atomic E-state index is 0.914. The summed E-state index contributed by atoms with van der Waals surface area (Å²) < 4.78 is 0. The third-order valence-corrected chi connectivity index (χ3v) is 3.33. The first-order valence-corrected chi connectivity index (χ1v) is 6.47. The van der Waals surface area contributed by atoms with Crippen LogP contribution in [0, 0.1) is 5.92 Å². The van der Waals surface area contributed by atoms with E-state index in [1.54, 1.807) is 6.33 Å². The number of hydrogen-bond donors (Lipinski definition) is 1. The van der Waals surface area contributed by atoms with Crippen LogP contribution in [0.1, 0.15) is 18.4 Å². The SMILES string of the molecule is c1ccc(-c2cncnc2)c(CNCC2CC2)c1. The van der Waals surface area contributed by atoms with Gasteiger partial charge in [0.25, 0.3) is 0 Å². The van der Waals surface area contributed by atoms with Crippen molar-refractivity contribution in [1.82, 2.24) is 15.3 Å². The highest BCUT2D eigenvalue weighted by Crippen LogP contribution is 2.28. The van der Waals surface area contributed by atoms with Gasteiger partial charge in [-0.1, -0.05) is 24.3 Å². The maximum Gasteiger partial charge on any atom is 0.115 e. The smallest absolute Gasteiger partial charge is 0.115 e. The first kappa shape index (κ1) is 11.4. The standard InChI is InChI=1S/C15H17N3/c1-2-4-15(14-9-17-11-18-10-14)13(3-1)8-16-7-12-5-6-12/h1-4,9-12,16H,5-8H2. The topological polar surface area (TPSA) is 37.8 Å². The van der Waals surface area contributed by atoms with Gasteiger partial charge in [-0.25, -0.2) is 9.97 Å². The monoisotopic (exact) mass is 239 g/mol. The Morgan fingerprint density at radius 2 is 1.89 bits per heavy atom. The number of nitrogens with zero attached hydrogens (tertiary/aromatic N) is 2. The van der Waals surface area contributed by atoms with Crippen LogP contribution < -0.4 is 5.32 Å². The van der Waals surface area contributed by atoms with Crippen molar-refractivity contribution in [2.24, 2.45) is 5.92 Å². The second kappa shape index (κ2) is 5.27. The Kier molecular flexibility index (Phi) is 3.33. The quantitative estimate of drug-likeness (QED) is 0.871. The number of aromatic nitrogens is 2. The Morgan fingerprint density at radius 1 is 1.11 bits per heavy atom. The second-order valence-electron chi connectivity index (χ2n) is 4.86. The van der Waals surface area contributed by atoms with Crippen molar-refractivity contribution >= 4 is 0 Å². The van der Waals surface area contributed by atoms with E-state index in [9.17, 15) is 0 Å². The minimum Gasteiger partial charge on any atom is -0.312 e.